The number of rotatable bonds is 1. The Labute approximate surface area is 143 Å². The van der Waals surface area contributed by atoms with Gasteiger partial charge in [-0.25, -0.2) is 0 Å². The van der Waals surface area contributed by atoms with Gasteiger partial charge in [0.1, 0.15) is 0 Å². The molecule has 2 aromatic rings. The van der Waals surface area contributed by atoms with Gasteiger partial charge in [0.15, 0.2) is 5.11 Å². The van der Waals surface area contributed by atoms with Crippen LogP contribution in [0.25, 0.3) is 10.9 Å². The summed E-state index contributed by atoms with van der Waals surface area (Å²) in [4.78, 5) is 7.22. The zero-order valence-corrected chi connectivity index (χ0v) is 14.3. The summed E-state index contributed by atoms with van der Waals surface area (Å²) in [6, 6.07) is 8.43. The predicted octanol–water partition coefficient (Wildman–Crippen LogP) is 4.30. The molecule has 0 unspecified atom stereocenters. The standard InChI is InChI=1S/C19H23N3S/c23-19(22-12-6-1-7-13-22)21-18-14-8-2-4-10-16(14)20-17-11-5-3-9-15(17)18/h2,4,8,10H,1,3,5-7,9,11-13H2,(H,20,21,23). The number of benzene rings is 1. The molecule has 4 heteroatoms. The maximum atomic E-state index is 5.72. The Bertz CT molecular complexity index is 735. The maximum Gasteiger partial charge on any atom is 0.173 e. The minimum Gasteiger partial charge on any atom is -0.349 e. The summed E-state index contributed by atoms with van der Waals surface area (Å²) in [6.07, 6.45) is 8.51. The second-order valence-corrected chi connectivity index (χ2v) is 7.00. The molecule has 0 saturated carbocycles. The minimum absolute atomic E-state index is 0.883. The predicted molar refractivity (Wildman–Crippen MR) is 100 cm³/mol. The monoisotopic (exact) mass is 325 g/mol. The summed E-state index contributed by atoms with van der Waals surface area (Å²) in [7, 11) is 0. The van der Waals surface area contributed by atoms with Gasteiger partial charge < -0.3 is 10.2 Å². The molecule has 1 saturated heterocycles. The highest BCUT2D eigenvalue weighted by Gasteiger charge is 2.20. The zero-order chi connectivity index (χ0) is 15.6. The Hall–Kier alpha value is -1.68. The molecule has 0 amide bonds. The number of para-hydroxylation sites is 1. The average Bonchev–Trinajstić information content (AvgIpc) is 2.62. The van der Waals surface area contributed by atoms with Crippen LogP contribution in [0.5, 0.6) is 0 Å². The second-order valence-electron chi connectivity index (χ2n) is 6.61. The number of piperidine rings is 1. The first kappa shape index (κ1) is 14.9. The molecule has 23 heavy (non-hydrogen) atoms. The van der Waals surface area contributed by atoms with E-state index in [0.29, 0.717) is 0 Å². The van der Waals surface area contributed by atoms with E-state index in [0.717, 1.165) is 36.6 Å². The molecule has 0 atom stereocenters. The van der Waals surface area contributed by atoms with Gasteiger partial charge in [-0.3, -0.25) is 4.98 Å². The molecule has 3 nitrogen and oxygen atoms in total. The Morgan fingerprint density at radius 1 is 1.00 bits per heavy atom. The number of thiocarbonyl (C=S) groups is 1. The number of hydrogen-bond acceptors (Lipinski definition) is 2. The van der Waals surface area contributed by atoms with Gasteiger partial charge in [0.2, 0.25) is 0 Å². The molecule has 1 N–H and O–H groups in total. The Kier molecular flexibility index (Phi) is 4.17. The lowest BCUT2D eigenvalue weighted by molar-refractivity contribution is 0.346. The lowest BCUT2D eigenvalue weighted by Crippen LogP contribution is -2.38. The number of hydrogen-bond donors (Lipinski definition) is 1. The van der Waals surface area contributed by atoms with Crippen molar-refractivity contribution in [2.45, 2.75) is 44.9 Å². The molecule has 2 aliphatic rings. The van der Waals surface area contributed by atoms with E-state index in [1.165, 1.54) is 54.4 Å². The largest absolute Gasteiger partial charge is 0.349 e. The van der Waals surface area contributed by atoms with Crippen molar-refractivity contribution in [1.82, 2.24) is 9.88 Å². The third kappa shape index (κ3) is 2.92. The van der Waals surface area contributed by atoms with Gasteiger partial charge in [-0.15, -0.1) is 0 Å². The summed E-state index contributed by atoms with van der Waals surface area (Å²) in [5, 5.41) is 5.68. The molecular formula is C19H23N3S. The van der Waals surface area contributed by atoms with Crippen LogP contribution in [-0.4, -0.2) is 28.1 Å². The molecule has 0 spiro atoms. The van der Waals surface area contributed by atoms with E-state index in [1.54, 1.807) is 0 Å². The molecule has 1 aromatic heterocycles. The highest BCUT2D eigenvalue weighted by atomic mass is 32.1. The van der Waals surface area contributed by atoms with Crippen molar-refractivity contribution >= 4 is 33.9 Å². The van der Waals surface area contributed by atoms with Crippen LogP contribution < -0.4 is 5.32 Å². The Morgan fingerprint density at radius 3 is 2.65 bits per heavy atom. The van der Waals surface area contributed by atoms with Crippen LogP contribution in [0.15, 0.2) is 24.3 Å². The van der Waals surface area contributed by atoms with E-state index in [1.807, 2.05) is 0 Å². The molecule has 0 bridgehead atoms. The number of nitrogens with zero attached hydrogens (tertiary/aromatic N) is 2. The fraction of sp³-hybridized carbons (Fsp3) is 0.474. The lowest BCUT2D eigenvalue weighted by Gasteiger charge is -2.30. The molecule has 0 radical (unpaired) electrons. The molecule has 2 heterocycles. The summed E-state index contributed by atoms with van der Waals surface area (Å²) < 4.78 is 0. The van der Waals surface area contributed by atoms with Crippen LogP contribution in [0.2, 0.25) is 0 Å². The molecular weight excluding hydrogens is 302 g/mol. The number of anilines is 1. The van der Waals surface area contributed by atoms with Gasteiger partial charge in [-0.05, 0) is 68.8 Å². The molecule has 1 fully saturated rings. The van der Waals surface area contributed by atoms with E-state index >= 15 is 0 Å². The average molecular weight is 325 g/mol. The third-order valence-corrected chi connectivity index (χ3v) is 5.40. The van der Waals surface area contributed by atoms with E-state index in [2.05, 4.69) is 34.5 Å². The van der Waals surface area contributed by atoms with Crippen LogP contribution in [0.4, 0.5) is 5.69 Å². The number of fused-ring (bicyclic) bond motifs is 2. The van der Waals surface area contributed by atoms with Crippen LogP contribution in [0.1, 0.15) is 43.4 Å². The van der Waals surface area contributed by atoms with Crippen molar-refractivity contribution in [2.75, 3.05) is 18.4 Å². The van der Waals surface area contributed by atoms with Crippen molar-refractivity contribution in [3.8, 4) is 0 Å². The first-order valence-corrected chi connectivity index (χ1v) is 9.20. The van der Waals surface area contributed by atoms with E-state index in [9.17, 15) is 0 Å². The summed E-state index contributed by atoms with van der Waals surface area (Å²) in [5.74, 6) is 0. The van der Waals surface area contributed by atoms with Gasteiger partial charge in [-0.2, -0.15) is 0 Å². The van der Waals surface area contributed by atoms with E-state index < -0.39 is 0 Å². The van der Waals surface area contributed by atoms with Crippen molar-refractivity contribution in [2.24, 2.45) is 0 Å². The molecule has 1 aromatic carbocycles. The molecule has 1 aliphatic carbocycles. The Balaban J connectivity index is 1.73. The molecule has 120 valence electrons. The van der Waals surface area contributed by atoms with Crippen molar-refractivity contribution in [3.05, 3.63) is 35.5 Å². The van der Waals surface area contributed by atoms with Crippen LogP contribution in [-0.2, 0) is 12.8 Å². The highest BCUT2D eigenvalue weighted by Crippen LogP contribution is 2.33. The number of aryl methyl sites for hydroxylation is 1. The molecule has 1 aliphatic heterocycles. The number of nitrogens with one attached hydrogen (secondary N) is 1. The van der Waals surface area contributed by atoms with Crippen LogP contribution in [0.3, 0.4) is 0 Å². The minimum atomic E-state index is 0.883. The SMILES string of the molecule is S=C(Nc1c2c(nc3ccccc13)CCCC2)N1CCCCC1. The summed E-state index contributed by atoms with van der Waals surface area (Å²) >= 11 is 5.72. The summed E-state index contributed by atoms with van der Waals surface area (Å²) in [5.41, 5.74) is 4.94. The van der Waals surface area contributed by atoms with Crippen LogP contribution in [0, 0.1) is 0 Å². The fourth-order valence-corrected chi connectivity index (χ4v) is 4.08. The maximum absolute atomic E-state index is 5.72. The quantitative estimate of drug-likeness (QED) is 0.792. The summed E-state index contributed by atoms with van der Waals surface area (Å²) in [6.45, 7) is 2.16. The lowest BCUT2D eigenvalue weighted by atomic mass is 9.92. The van der Waals surface area contributed by atoms with Crippen LogP contribution >= 0.6 is 12.2 Å². The Morgan fingerprint density at radius 2 is 1.78 bits per heavy atom. The van der Waals surface area contributed by atoms with E-state index in [-0.39, 0.29) is 0 Å². The van der Waals surface area contributed by atoms with Crippen molar-refractivity contribution < 1.29 is 0 Å². The van der Waals surface area contributed by atoms with E-state index in [4.69, 9.17) is 17.2 Å². The molecule has 4 rings (SSSR count). The normalized spacial score (nSPS) is 17.8. The first-order chi connectivity index (χ1) is 11.3. The highest BCUT2D eigenvalue weighted by molar-refractivity contribution is 7.80. The van der Waals surface area contributed by atoms with Crippen molar-refractivity contribution in [3.63, 3.8) is 0 Å². The fourth-order valence-electron chi connectivity index (χ4n) is 3.80. The van der Waals surface area contributed by atoms with Gasteiger partial charge in [0, 0.05) is 24.2 Å². The topological polar surface area (TPSA) is 28.2 Å². The number of pyridine rings is 1. The third-order valence-electron chi connectivity index (χ3n) is 5.04. The van der Waals surface area contributed by atoms with Gasteiger partial charge >= 0.3 is 0 Å². The number of aromatic nitrogens is 1. The smallest absolute Gasteiger partial charge is 0.173 e. The second kappa shape index (κ2) is 6.44. The van der Waals surface area contributed by atoms with Gasteiger partial charge in [0.25, 0.3) is 0 Å². The first-order valence-electron chi connectivity index (χ1n) is 8.79. The van der Waals surface area contributed by atoms with Gasteiger partial charge in [-0.1, -0.05) is 18.2 Å². The van der Waals surface area contributed by atoms with Crippen molar-refractivity contribution in [1.29, 1.82) is 0 Å². The number of likely N-dealkylation sites (tertiary alicyclic amines) is 1. The zero-order valence-electron chi connectivity index (χ0n) is 13.5. The van der Waals surface area contributed by atoms with Gasteiger partial charge in [0.05, 0.1) is 11.2 Å².